The number of hydrogen-bond acceptors (Lipinski definition) is 4. The second-order valence-corrected chi connectivity index (χ2v) is 7.27. The number of aromatic nitrogens is 3. The molecule has 0 amide bonds. The number of hydrogen-bond donors (Lipinski definition) is 0. The lowest BCUT2D eigenvalue weighted by molar-refractivity contribution is 0.478. The van der Waals surface area contributed by atoms with E-state index >= 15 is 0 Å². The molecule has 3 heterocycles. The quantitative estimate of drug-likeness (QED) is 0.711. The SMILES string of the molecule is CCn1c(N2C=c3cnsc3=CC2)c(-c2cccc(C)c2)c(=O)n1CC. The topological polar surface area (TPSA) is 43.1 Å². The number of rotatable bonds is 4. The Morgan fingerprint density at radius 3 is 2.73 bits per heavy atom. The van der Waals surface area contributed by atoms with Crippen LogP contribution in [0.15, 0.2) is 35.3 Å². The van der Waals surface area contributed by atoms with Crippen molar-refractivity contribution in [2.75, 3.05) is 11.4 Å². The Morgan fingerprint density at radius 2 is 2.00 bits per heavy atom. The minimum atomic E-state index is 0.0672. The molecule has 0 spiro atoms. The van der Waals surface area contributed by atoms with Gasteiger partial charge in [-0.1, -0.05) is 29.8 Å². The molecular formula is C20H22N4OS. The van der Waals surface area contributed by atoms with Crippen molar-refractivity contribution in [2.24, 2.45) is 0 Å². The fourth-order valence-corrected chi connectivity index (χ4v) is 4.26. The molecule has 1 aliphatic rings. The van der Waals surface area contributed by atoms with E-state index in [1.165, 1.54) is 16.1 Å². The molecule has 0 saturated carbocycles. The summed E-state index contributed by atoms with van der Waals surface area (Å²) in [6, 6.07) is 8.19. The van der Waals surface area contributed by atoms with Gasteiger partial charge in [0.1, 0.15) is 5.82 Å². The van der Waals surface area contributed by atoms with Gasteiger partial charge in [-0.25, -0.2) is 4.68 Å². The zero-order valence-corrected chi connectivity index (χ0v) is 16.1. The van der Waals surface area contributed by atoms with Crippen LogP contribution >= 0.6 is 11.5 Å². The number of anilines is 1. The van der Waals surface area contributed by atoms with Crippen LogP contribution in [0.3, 0.4) is 0 Å². The summed E-state index contributed by atoms with van der Waals surface area (Å²) in [5.74, 6) is 0.957. The summed E-state index contributed by atoms with van der Waals surface area (Å²) in [4.78, 5) is 15.4. The third-order valence-corrected chi connectivity index (χ3v) is 5.59. The van der Waals surface area contributed by atoms with Gasteiger partial charge >= 0.3 is 0 Å². The van der Waals surface area contributed by atoms with Gasteiger partial charge in [0, 0.05) is 37.2 Å². The van der Waals surface area contributed by atoms with Crippen molar-refractivity contribution in [1.82, 2.24) is 13.7 Å². The third kappa shape index (κ3) is 2.61. The van der Waals surface area contributed by atoms with E-state index in [0.29, 0.717) is 6.54 Å². The minimum absolute atomic E-state index is 0.0672. The number of benzene rings is 1. The van der Waals surface area contributed by atoms with Crippen LogP contribution in [-0.2, 0) is 13.1 Å². The van der Waals surface area contributed by atoms with E-state index in [1.54, 1.807) is 0 Å². The van der Waals surface area contributed by atoms with Crippen molar-refractivity contribution < 1.29 is 0 Å². The zero-order valence-electron chi connectivity index (χ0n) is 15.3. The first-order chi connectivity index (χ1) is 12.6. The molecule has 3 aromatic rings. The second-order valence-electron chi connectivity index (χ2n) is 6.44. The molecule has 6 heteroatoms. The molecule has 0 atom stereocenters. The Labute approximate surface area is 156 Å². The van der Waals surface area contributed by atoms with Crippen molar-refractivity contribution >= 4 is 29.6 Å². The lowest BCUT2D eigenvalue weighted by atomic mass is 10.1. The van der Waals surface area contributed by atoms with Crippen molar-refractivity contribution in [3.63, 3.8) is 0 Å². The Hall–Kier alpha value is -2.60. The van der Waals surface area contributed by atoms with Crippen LogP contribution in [-0.4, -0.2) is 20.3 Å². The molecule has 0 bridgehead atoms. The predicted octanol–water partition coefficient (Wildman–Crippen LogP) is 2.16. The molecule has 134 valence electrons. The van der Waals surface area contributed by atoms with E-state index in [2.05, 4.69) is 52.2 Å². The number of aryl methyl sites for hydroxylation is 1. The average molecular weight is 366 g/mol. The Kier molecular flexibility index (Phi) is 4.28. The first-order valence-corrected chi connectivity index (χ1v) is 9.71. The highest BCUT2D eigenvalue weighted by atomic mass is 32.1. The minimum Gasteiger partial charge on any atom is -0.328 e. The smallest absolute Gasteiger partial charge is 0.276 e. The fourth-order valence-electron chi connectivity index (χ4n) is 3.62. The van der Waals surface area contributed by atoms with Crippen LogP contribution in [0, 0.1) is 6.92 Å². The van der Waals surface area contributed by atoms with E-state index in [0.717, 1.165) is 40.8 Å². The van der Waals surface area contributed by atoms with E-state index < -0.39 is 0 Å². The first kappa shape index (κ1) is 16.8. The van der Waals surface area contributed by atoms with Gasteiger partial charge in [0.2, 0.25) is 0 Å². The normalized spacial score (nSPS) is 13.3. The van der Waals surface area contributed by atoms with Crippen LogP contribution in [0.5, 0.6) is 0 Å². The van der Waals surface area contributed by atoms with Gasteiger partial charge in [-0.2, -0.15) is 4.37 Å². The Balaban J connectivity index is 2.00. The van der Waals surface area contributed by atoms with Gasteiger partial charge < -0.3 is 4.90 Å². The third-order valence-electron chi connectivity index (χ3n) is 4.78. The summed E-state index contributed by atoms with van der Waals surface area (Å²) < 4.78 is 9.41. The van der Waals surface area contributed by atoms with E-state index in [1.807, 2.05) is 29.9 Å². The predicted molar refractivity (Wildman–Crippen MR) is 108 cm³/mol. The molecule has 1 aromatic carbocycles. The Morgan fingerprint density at radius 1 is 1.19 bits per heavy atom. The van der Waals surface area contributed by atoms with Gasteiger partial charge in [0.05, 0.1) is 10.1 Å². The van der Waals surface area contributed by atoms with Crippen LogP contribution < -0.4 is 20.2 Å². The highest BCUT2D eigenvalue weighted by Gasteiger charge is 2.24. The molecule has 0 unspecified atom stereocenters. The molecular weight excluding hydrogens is 344 g/mol. The second kappa shape index (κ2) is 6.61. The maximum atomic E-state index is 13.2. The van der Waals surface area contributed by atoms with Crippen LogP contribution in [0.4, 0.5) is 5.82 Å². The van der Waals surface area contributed by atoms with Crippen LogP contribution in [0.2, 0.25) is 0 Å². The molecule has 1 aliphatic heterocycles. The fraction of sp³-hybridized carbons (Fsp3) is 0.300. The number of fused-ring (bicyclic) bond motifs is 1. The lowest BCUT2D eigenvalue weighted by Crippen LogP contribution is -2.33. The van der Waals surface area contributed by atoms with Gasteiger partial charge in [-0.05, 0) is 43.9 Å². The maximum absolute atomic E-state index is 13.2. The standard InChI is InChI=1S/C20H22N4OS/c1-4-23-19(22-10-9-17-16(13-22)12-21-26-17)18(20(25)24(23)5-2)15-8-6-7-14(3)11-15/h6-9,11-13H,4-5,10H2,1-3H3. The highest BCUT2D eigenvalue weighted by molar-refractivity contribution is 7.03. The summed E-state index contributed by atoms with van der Waals surface area (Å²) >= 11 is 1.51. The summed E-state index contributed by atoms with van der Waals surface area (Å²) in [5.41, 5.74) is 2.96. The van der Waals surface area contributed by atoms with Crippen molar-refractivity contribution in [2.45, 2.75) is 33.9 Å². The molecule has 26 heavy (non-hydrogen) atoms. The van der Waals surface area contributed by atoms with Gasteiger partial charge in [0.15, 0.2) is 0 Å². The largest absolute Gasteiger partial charge is 0.328 e. The molecule has 2 aromatic heterocycles. The zero-order chi connectivity index (χ0) is 18.3. The first-order valence-electron chi connectivity index (χ1n) is 8.94. The van der Waals surface area contributed by atoms with E-state index in [9.17, 15) is 4.79 Å². The van der Waals surface area contributed by atoms with E-state index in [4.69, 9.17) is 0 Å². The Bertz CT molecular complexity index is 1140. The summed E-state index contributed by atoms with van der Waals surface area (Å²) in [5, 5.41) is 1.11. The highest BCUT2D eigenvalue weighted by Crippen LogP contribution is 2.30. The van der Waals surface area contributed by atoms with Gasteiger partial charge in [0.25, 0.3) is 5.56 Å². The summed E-state index contributed by atoms with van der Waals surface area (Å²) in [6.07, 6.45) is 6.18. The van der Waals surface area contributed by atoms with Gasteiger partial charge in [-0.3, -0.25) is 9.48 Å². The van der Waals surface area contributed by atoms with Crippen molar-refractivity contribution in [3.8, 4) is 11.1 Å². The molecule has 4 rings (SSSR count). The lowest BCUT2D eigenvalue weighted by Gasteiger charge is -2.24. The average Bonchev–Trinajstić information content (AvgIpc) is 3.22. The monoisotopic (exact) mass is 366 g/mol. The van der Waals surface area contributed by atoms with Crippen LogP contribution in [0.25, 0.3) is 23.4 Å². The molecule has 0 aliphatic carbocycles. The molecule has 0 radical (unpaired) electrons. The van der Waals surface area contributed by atoms with E-state index in [-0.39, 0.29) is 5.56 Å². The van der Waals surface area contributed by atoms with Crippen LogP contribution in [0.1, 0.15) is 19.4 Å². The number of nitrogens with zero attached hydrogens (tertiary/aromatic N) is 4. The molecule has 0 saturated heterocycles. The maximum Gasteiger partial charge on any atom is 0.276 e. The summed E-state index contributed by atoms with van der Waals surface area (Å²) in [6.45, 7) is 8.28. The molecule has 0 fully saturated rings. The van der Waals surface area contributed by atoms with Gasteiger partial charge in [-0.15, -0.1) is 0 Å². The summed E-state index contributed by atoms with van der Waals surface area (Å²) in [7, 11) is 0. The molecule has 0 N–H and O–H groups in total. The van der Waals surface area contributed by atoms with Crippen molar-refractivity contribution in [1.29, 1.82) is 0 Å². The molecule has 5 nitrogen and oxygen atoms in total. The van der Waals surface area contributed by atoms with Crippen molar-refractivity contribution in [3.05, 3.63) is 56.1 Å².